The van der Waals surface area contributed by atoms with Crippen molar-refractivity contribution in [2.45, 2.75) is 73.4 Å². The van der Waals surface area contributed by atoms with E-state index in [2.05, 4.69) is 58.9 Å². The van der Waals surface area contributed by atoms with Crippen molar-refractivity contribution in [2.24, 2.45) is 10.8 Å². The molecule has 0 radical (unpaired) electrons. The van der Waals surface area contributed by atoms with Crippen LogP contribution in [0.4, 0.5) is 13.2 Å². The van der Waals surface area contributed by atoms with E-state index >= 15 is 0 Å². The summed E-state index contributed by atoms with van der Waals surface area (Å²) >= 11 is 0. The minimum atomic E-state index is -4.28. The Morgan fingerprint density at radius 1 is 0.780 bits per heavy atom. The number of rotatable bonds is 4. The first kappa shape index (κ1) is 27.6. The maximum atomic E-state index is 13.7. The zero-order chi connectivity index (χ0) is 29.5. The van der Waals surface area contributed by atoms with Crippen molar-refractivity contribution in [1.82, 2.24) is 4.98 Å². The molecule has 1 aromatic heterocycles. The van der Waals surface area contributed by atoms with E-state index in [4.69, 9.17) is 9.72 Å². The van der Waals surface area contributed by atoms with Gasteiger partial charge in [-0.1, -0.05) is 84.9 Å². The molecule has 0 fully saturated rings. The minimum Gasteiger partial charge on any atom is -0.456 e. The van der Waals surface area contributed by atoms with Gasteiger partial charge in [0.1, 0.15) is 11.5 Å². The van der Waals surface area contributed by atoms with E-state index in [-0.39, 0.29) is 11.8 Å². The molecule has 2 nitrogen and oxygen atoms in total. The summed E-state index contributed by atoms with van der Waals surface area (Å²) in [4.78, 5) is 4.88. The average molecular weight is 556 g/mol. The first-order chi connectivity index (χ1) is 19.1. The zero-order valence-corrected chi connectivity index (χ0v) is 24.8. The highest BCUT2D eigenvalue weighted by Crippen LogP contribution is 2.52. The summed E-state index contributed by atoms with van der Waals surface area (Å²) in [5.74, 6) is 1.94. The van der Waals surface area contributed by atoms with Crippen molar-refractivity contribution >= 4 is 32.3 Å². The maximum Gasteiger partial charge on any atom is 0.394 e. The van der Waals surface area contributed by atoms with Gasteiger partial charge in [-0.05, 0) is 80.4 Å². The largest absolute Gasteiger partial charge is 0.456 e. The van der Waals surface area contributed by atoms with E-state index in [1.165, 1.54) is 30.2 Å². The summed E-state index contributed by atoms with van der Waals surface area (Å²) in [6, 6.07) is 18.5. The molecule has 1 aliphatic heterocycles. The van der Waals surface area contributed by atoms with E-state index < -0.39 is 11.6 Å². The van der Waals surface area contributed by atoms with E-state index in [0.29, 0.717) is 17.2 Å². The predicted molar refractivity (Wildman–Crippen MR) is 163 cm³/mol. The van der Waals surface area contributed by atoms with Crippen LogP contribution >= 0.6 is 0 Å². The molecule has 0 spiro atoms. The number of alkyl halides is 3. The van der Waals surface area contributed by atoms with Gasteiger partial charge in [-0.3, -0.25) is 4.98 Å². The lowest BCUT2D eigenvalue weighted by Crippen LogP contribution is -2.34. The van der Waals surface area contributed by atoms with Crippen LogP contribution in [0.15, 0.2) is 60.8 Å². The zero-order valence-electron chi connectivity index (χ0n) is 24.8. The van der Waals surface area contributed by atoms with Gasteiger partial charge in [0.15, 0.2) is 0 Å². The van der Waals surface area contributed by atoms with Crippen LogP contribution in [0.3, 0.4) is 0 Å². The fourth-order valence-electron chi connectivity index (χ4n) is 6.08. The highest BCUT2D eigenvalue weighted by Gasteiger charge is 2.47. The van der Waals surface area contributed by atoms with Crippen molar-refractivity contribution in [3.63, 3.8) is 0 Å². The van der Waals surface area contributed by atoms with Gasteiger partial charge in [0.25, 0.3) is 0 Å². The Balaban J connectivity index is 1.59. The molecule has 0 unspecified atom stereocenters. The number of hydrogen-bond donors (Lipinski definition) is 0. The Hall–Kier alpha value is -3.60. The summed E-state index contributed by atoms with van der Waals surface area (Å²) in [6.07, 6.45) is -1.73. The van der Waals surface area contributed by atoms with Gasteiger partial charge < -0.3 is 4.74 Å². The molecular weight excluding hydrogens is 519 g/mol. The number of benzene rings is 4. The molecule has 1 aliphatic rings. The van der Waals surface area contributed by atoms with E-state index in [0.717, 1.165) is 50.5 Å². The molecule has 5 heteroatoms. The Morgan fingerprint density at radius 2 is 1.49 bits per heavy atom. The SMILES string of the molecule is CC(C)c1ccc2c(CC(C)(C)C)c3c(cc2c1)-c1nccc2c1c(cc1cc(CC(C)(C)C(F)(F)F)ccc12)O3. The highest BCUT2D eigenvalue weighted by molar-refractivity contribution is 6.16. The number of hydrogen-bond acceptors (Lipinski definition) is 2. The number of nitrogens with zero attached hydrogens (tertiary/aromatic N) is 1. The molecule has 4 aromatic carbocycles. The lowest BCUT2D eigenvalue weighted by atomic mass is 9.82. The molecule has 41 heavy (non-hydrogen) atoms. The van der Waals surface area contributed by atoms with E-state index in [1.807, 2.05) is 36.5 Å². The predicted octanol–water partition coefficient (Wildman–Crippen LogP) is 11.2. The van der Waals surface area contributed by atoms with Crippen molar-refractivity contribution in [3.05, 3.63) is 77.5 Å². The molecule has 6 rings (SSSR count). The van der Waals surface area contributed by atoms with Gasteiger partial charge in [0.05, 0.1) is 16.5 Å². The van der Waals surface area contributed by atoms with Crippen LogP contribution < -0.4 is 4.74 Å². The molecule has 0 bridgehead atoms. The first-order valence-electron chi connectivity index (χ1n) is 14.3. The Morgan fingerprint density at radius 3 is 2.17 bits per heavy atom. The molecule has 2 heterocycles. The maximum absolute atomic E-state index is 13.7. The second-order valence-electron chi connectivity index (χ2n) is 13.8. The number of aromatic nitrogens is 1. The molecule has 0 amide bonds. The van der Waals surface area contributed by atoms with Crippen molar-refractivity contribution < 1.29 is 17.9 Å². The van der Waals surface area contributed by atoms with Gasteiger partial charge >= 0.3 is 6.18 Å². The Labute approximate surface area is 239 Å². The summed E-state index contributed by atoms with van der Waals surface area (Å²) in [5, 5.41) is 6.13. The van der Waals surface area contributed by atoms with Crippen LogP contribution in [0.5, 0.6) is 11.5 Å². The summed E-state index contributed by atoms with van der Waals surface area (Å²) in [5.41, 5.74) is 3.16. The van der Waals surface area contributed by atoms with Crippen LogP contribution in [0.25, 0.3) is 43.6 Å². The quantitative estimate of drug-likeness (QED) is 0.202. The Kier molecular flexibility index (Phi) is 6.19. The van der Waals surface area contributed by atoms with Crippen LogP contribution in [0.1, 0.15) is 71.1 Å². The van der Waals surface area contributed by atoms with Gasteiger partial charge in [-0.25, -0.2) is 0 Å². The van der Waals surface area contributed by atoms with Crippen molar-refractivity contribution in [2.75, 3.05) is 0 Å². The summed E-state index contributed by atoms with van der Waals surface area (Å²) in [7, 11) is 0. The monoisotopic (exact) mass is 555 g/mol. The standard InChI is InChI=1S/C36H36F3NO/c1-20(2)22-9-11-26-24(15-22)16-28-32-31-27(12-13-40-32)25-10-8-21(18-35(6,7)36(37,38)39)14-23(25)17-30(31)41-33(28)29(26)19-34(3,4)5/h8-17,20H,18-19H2,1-7H3. The smallest absolute Gasteiger partial charge is 0.394 e. The molecule has 212 valence electrons. The van der Waals surface area contributed by atoms with Crippen LogP contribution in [-0.4, -0.2) is 11.2 Å². The van der Waals surface area contributed by atoms with Gasteiger partial charge in [-0.2, -0.15) is 13.2 Å². The summed E-state index contributed by atoms with van der Waals surface area (Å²) in [6.45, 7) is 13.6. The lowest BCUT2D eigenvalue weighted by molar-refractivity contribution is -0.211. The molecule has 0 saturated carbocycles. The first-order valence-corrected chi connectivity index (χ1v) is 14.3. The van der Waals surface area contributed by atoms with E-state index in [1.54, 1.807) is 0 Å². The minimum absolute atomic E-state index is 0.0193. The van der Waals surface area contributed by atoms with Crippen molar-refractivity contribution in [3.8, 4) is 22.8 Å². The third-order valence-corrected chi connectivity index (χ3v) is 8.36. The lowest BCUT2D eigenvalue weighted by Gasteiger charge is -2.29. The molecule has 5 aromatic rings. The number of halogens is 3. The topological polar surface area (TPSA) is 22.1 Å². The fourth-order valence-corrected chi connectivity index (χ4v) is 6.08. The number of pyridine rings is 1. The average Bonchev–Trinajstić information content (AvgIpc) is 2.87. The fraction of sp³-hybridized carbons (Fsp3) is 0.361. The molecule has 0 N–H and O–H groups in total. The third-order valence-electron chi connectivity index (χ3n) is 8.36. The number of ether oxygens (including phenoxy) is 1. The highest BCUT2D eigenvalue weighted by atomic mass is 19.4. The molecule has 0 aliphatic carbocycles. The second kappa shape index (κ2) is 9.20. The third kappa shape index (κ3) is 4.73. The number of fused-ring (bicyclic) bond motifs is 5. The summed E-state index contributed by atoms with van der Waals surface area (Å²) < 4.78 is 47.8. The van der Waals surface area contributed by atoms with Gasteiger partial charge in [-0.15, -0.1) is 0 Å². The molecular formula is C36H36F3NO. The Bertz CT molecular complexity index is 1840. The second-order valence-corrected chi connectivity index (χ2v) is 13.8. The van der Waals surface area contributed by atoms with E-state index in [9.17, 15) is 13.2 Å². The van der Waals surface area contributed by atoms with Crippen molar-refractivity contribution in [1.29, 1.82) is 0 Å². The van der Waals surface area contributed by atoms with Gasteiger partial charge in [0.2, 0.25) is 0 Å². The molecule has 0 saturated heterocycles. The van der Waals surface area contributed by atoms with Gasteiger partial charge in [0, 0.05) is 17.3 Å². The normalized spacial score (nSPS) is 13.7. The van der Waals surface area contributed by atoms with Crippen LogP contribution in [-0.2, 0) is 12.8 Å². The molecule has 0 atom stereocenters. The van der Waals surface area contributed by atoms with Crippen LogP contribution in [0.2, 0.25) is 0 Å². The van der Waals surface area contributed by atoms with Crippen LogP contribution in [0, 0.1) is 10.8 Å².